The summed E-state index contributed by atoms with van der Waals surface area (Å²) < 4.78 is 29.8. The van der Waals surface area contributed by atoms with Crippen LogP contribution in [0.25, 0.3) is 22.0 Å². The van der Waals surface area contributed by atoms with E-state index in [-0.39, 0.29) is 16.8 Å². The van der Waals surface area contributed by atoms with Crippen LogP contribution in [0.1, 0.15) is 28.8 Å². The molecule has 0 unspecified atom stereocenters. The van der Waals surface area contributed by atoms with E-state index in [2.05, 4.69) is 15.2 Å². The third kappa shape index (κ3) is 4.65. The quantitative estimate of drug-likeness (QED) is 0.348. The second-order valence-electron chi connectivity index (χ2n) is 8.48. The molecule has 1 amide bonds. The number of nitrogens with one attached hydrogen (secondary N) is 1. The zero-order valence-electron chi connectivity index (χ0n) is 18.3. The minimum Gasteiger partial charge on any atom is -0.319 e. The van der Waals surface area contributed by atoms with Gasteiger partial charge in [-0.3, -0.25) is 14.7 Å². The molecule has 4 aromatic rings. The molecule has 34 heavy (non-hydrogen) atoms. The maximum atomic E-state index is 15.1. The van der Waals surface area contributed by atoms with Crippen molar-refractivity contribution in [1.29, 1.82) is 0 Å². The summed E-state index contributed by atoms with van der Waals surface area (Å²) >= 11 is 5.90. The summed E-state index contributed by atoms with van der Waals surface area (Å²) in [5, 5.41) is 3.72. The molecule has 1 aliphatic rings. The van der Waals surface area contributed by atoms with Gasteiger partial charge < -0.3 is 5.32 Å². The SMILES string of the molecule is O=C(Nc1ccc2cc(CN3CCCC3)cnc2c1F)c1ccc(-c2ccc(Cl)cc2)cc1F. The Hall–Kier alpha value is -3.35. The van der Waals surface area contributed by atoms with E-state index in [1.165, 1.54) is 31.0 Å². The maximum Gasteiger partial charge on any atom is 0.258 e. The zero-order valence-corrected chi connectivity index (χ0v) is 19.1. The lowest BCUT2D eigenvalue weighted by Gasteiger charge is -2.15. The van der Waals surface area contributed by atoms with Crippen molar-refractivity contribution < 1.29 is 13.6 Å². The van der Waals surface area contributed by atoms with Crippen molar-refractivity contribution >= 4 is 34.1 Å². The zero-order chi connectivity index (χ0) is 23.7. The van der Waals surface area contributed by atoms with E-state index in [1.807, 2.05) is 6.07 Å². The van der Waals surface area contributed by atoms with Crippen molar-refractivity contribution in [2.45, 2.75) is 19.4 Å². The van der Waals surface area contributed by atoms with Gasteiger partial charge in [-0.05, 0) is 79.0 Å². The number of likely N-dealkylation sites (tertiary alicyclic amines) is 1. The predicted octanol–water partition coefficient (Wildman–Crippen LogP) is 6.68. The van der Waals surface area contributed by atoms with E-state index in [4.69, 9.17) is 11.6 Å². The van der Waals surface area contributed by atoms with Crippen LogP contribution in [0.2, 0.25) is 5.02 Å². The first-order valence-corrected chi connectivity index (χ1v) is 11.5. The van der Waals surface area contributed by atoms with E-state index < -0.39 is 17.5 Å². The highest BCUT2D eigenvalue weighted by Gasteiger charge is 2.18. The average Bonchev–Trinajstić information content (AvgIpc) is 3.34. The van der Waals surface area contributed by atoms with Crippen LogP contribution in [0.4, 0.5) is 14.5 Å². The lowest BCUT2D eigenvalue weighted by atomic mass is 10.0. The third-order valence-corrected chi connectivity index (χ3v) is 6.34. The topological polar surface area (TPSA) is 45.2 Å². The molecule has 1 N–H and O–H groups in total. The number of rotatable bonds is 5. The second-order valence-corrected chi connectivity index (χ2v) is 8.92. The number of benzene rings is 3. The minimum absolute atomic E-state index is 0.0431. The summed E-state index contributed by atoms with van der Waals surface area (Å²) in [6, 6.07) is 16.4. The van der Waals surface area contributed by atoms with Crippen molar-refractivity contribution in [3.05, 3.63) is 94.6 Å². The number of halogens is 3. The Morgan fingerprint density at radius 1 is 0.971 bits per heavy atom. The van der Waals surface area contributed by atoms with Gasteiger partial charge in [-0.2, -0.15) is 0 Å². The molecule has 1 aliphatic heterocycles. The normalized spacial score (nSPS) is 14.0. The molecule has 0 atom stereocenters. The third-order valence-electron chi connectivity index (χ3n) is 6.09. The van der Waals surface area contributed by atoms with Gasteiger partial charge in [0, 0.05) is 23.2 Å². The molecule has 0 spiro atoms. The van der Waals surface area contributed by atoms with Gasteiger partial charge in [0.15, 0.2) is 5.82 Å². The number of anilines is 1. The summed E-state index contributed by atoms with van der Waals surface area (Å²) in [5.74, 6) is -2.07. The number of aromatic nitrogens is 1. The molecule has 4 nitrogen and oxygen atoms in total. The summed E-state index contributed by atoms with van der Waals surface area (Å²) in [5.41, 5.74) is 2.35. The molecule has 1 aromatic heterocycles. The Morgan fingerprint density at radius 2 is 1.71 bits per heavy atom. The van der Waals surface area contributed by atoms with Crippen molar-refractivity contribution in [3.8, 4) is 11.1 Å². The van der Waals surface area contributed by atoms with Crippen LogP contribution in [0.15, 0.2) is 66.9 Å². The van der Waals surface area contributed by atoms with Gasteiger partial charge in [-0.25, -0.2) is 8.78 Å². The second kappa shape index (κ2) is 9.49. The highest BCUT2D eigenvalue weighted by atomic mass is 35.5. The predicted molar refractivity (Wildman–Crippen MR) is 131 cm³/mol. The van der Waals surface area contributed by atoms with E-state index >= 15 is 4.39 Å². The number of hydrogen-bond donors (Lipinski definition) is 1. The smallest absolute Gasteiger partial charge is 0.258 e. The van der Waals surface area contributed by atoms with Crippen LogP contribution in [-0.4, -0.2) is 28.9 Å². The number of hydrogen-bond acceptors (Lipinski definition) is 3. The van der Waals surface area contributed by atoms with Crippen LogP contribution < -0.4 is 5.32 Å². The fraction of sp³-hybridized carbons (Fsp3) is 0.185. The monoisotopic (exact) mass is 477 g/mol. The van der Waals surface area contributed by atoms with Gasteiger partial charge in [0.1, 0.15) is 11.3 Å². The Labute approximate surface area is 201 Å². The van der Waals surface area contributed by atoms with Crippen LogP contribution in [-0.2, 0) is 6.54 Å². The lowest BCUT2D eigenvalue weighted by molar-refractivity contribution is 0.102. The van der Waals surface area contributed by atoms with Gasteiger partial charge in [-0.1, -0.05) is 35.9 Å². The largest absolute Gasteiger partial charge is 0.319 e. The summed E-state index contributed by atoms with van der Waals surface area (Å²) in [6.45, 7) is 2.91. The first kappa shape index (κ1) is 22.4. The molecule has 0 saturated carbocycles. The summed E-state index contributed by atoms with van der Waals surface area (Å²) in [6.07, 6.45) is 4.07. The number of nitrogens with zero attached hydrogens (tertiary/aromatic N) is 2. The Balaban J connectivity index is 1.35. The molecule has 1 fully saturated rings. The highest BCUT2D eigenvalue weighted by Crippen LogP contribution is 2.27. The molecule has 0 radical (unpaired) electrons. The molecular formula is C27H22ClF2N3O. The molecule has 172 valence electrons. The van der Waals surface area contributed by atoms with Crippen molar-refractivity contribution in [1.82, 2.24) is 9.88 Å². The Morgan fingerprint density at radius 3 is 2.44 bits per heavy atom. The van der Waals surface area contributed by atoms with Gasteiger partial charge >= 0.3 is 0 Å². The minimum atomic E-state index is -0.732. The van der Waals surface area contributed by atoms with Crippen LogP contribution in [0.5, 0.6) is 0 Å². The number of amides is 1. The van der Waals surface area contributed by atoms with Crippen LogP contribution in [0, 0.1) is 11.6 Å². The van der Waals surface area contributed by atoms with Gasteiger partial charge in [0.25, 0.3) is 5.91 Å². The molecule has 5 rings (SSSR count). The standard InChI is InChI=1S/C27H22ClF2N3O/c28-21-7-3-18(4-8-21)19-5-9-22(23(29)14-19)27(34)32-24-10-6-20-13-17(15-31-26(20)25(24)30)16-33-11-1-2-12-33/h3-10,13-15H,1-2,11-12,16H2,(H,32,34). The number of carbonyl (C=O) groups excluding carboxylic acids is 1. The maximum absolute atomic E-state index is 15.1. The molecule has 1 saturated heterocycles. The number of carbonyl (C=O) groups is 1. The molecule has 3 aromatic carbocycles. The summed E-state index contributed by atoms with van der Waals surface area (Å²) in [7, 11) is 0. The Kier molecular flexibility index (Phi) is 6.26. The fourth-order valence-electron chi connectivity index (χ4n) is 4.30. The number of pyridine rings is 1. The van der Waals surface area contributed by atoms with E-state index in [1.54, 1.807) is 42.6 Å². The van der Waals surface area contributed by atoms with Gasteiger partial charge in [-0.15, -0.1) is 0 Å². The van der Waals surface area contributed by atoms with Gasteiger partial charge in [0.2, 0.25) is 0 Å². The molecule has 0 aliphatic carbocycles. The van der Waals surface area contributed by atoms with E-state index in [9.17, 15) is 9.18 Å². The summed E-state index contributed by atoms with van der Waals surface area (Å²) in [4.78, 5) is 19.3. The highest BCUT2D eigenvalue weighted by molar-refractivity contribution is 6.30. The molecule has 7 heteroatoms. The van der Waals surface area contributed by atoms with Crippen molar-refractivity contribution in [2.24, 2.45) is 0 Å². The molecule has 2 heterocycles. The fourth-order valence-corrected chi connectivity index (χ4v) is 4.43. The van der Waals surface area contributed by atoms with Crippen LogP contribution in [0.3, 0.4) is 0 Å². The van der Waals surface area contributed by atoms with Gasteiger partial charge in [0.05, 0.1) is 11.3 Å². The number of fused-ring (bicyclic) bond motifs is 1. The Bertz CT molecular complexity index is 1370. The molecular weight excluding hydrogens is 456 g/mol. The van der Waals surface area contributed by atoms with Crippen molar-refractivity contribution in [3.63, 3.8) is 0 Å². The van der Waals surface area contributed by atoms with Crippen molar-refractivity contribution in [2.75, 3.05) is 18.4 Å². The first-order chi connectivity index (χ1) is 16.5. The van der Waals surface area contributed by atoms with E-state index in [0.717, 1.165) is 30.8 Å². The lowest BCUT2D eigenvalue weighted by Crippen LogP contribution is -2.18. The average molecular weight is 478 g/mol. The van der Waals surface area contributed by atoms with E-state index in [0.29, 0.717) is 16.0 Å². The first-order valence-electron chi connectivity index (χ1n) is 11.1. The molecule has 0 bridgehead atoms. The van der Waals surface area contributed by atoms with Crippen LogP contribution >= 0.6 is 11.6 Å².